The molecule has 9 nitrogen and oxygen atoms in total. The fraction of sp³-hybridized carbons (Fsp3) is 0.600. The number of sulfone groups is 1. The van der Waals surface area contributed by atoms with Crippen LogP contribution in [0.3, 0.4) is 0 Å². The molecule has 35 heavy (non-hydrogen) atoms. The number of carbonyl (C=O) groups is 4. The summed E-state index contributed by atoms with van der Waals surface area (Å²) in [4.78, 5) is 48.6. The second-order valence-electron chi connectivity index (χ2n) is 9.33. The number of hydrogen-bond acceptors (Lipinski definition) is 6. The van der Waals surface area contributed by atoms with Gasteiger partial charge in [0.1, 0.15) is 6.04 Å². The highest BCUT2D eigenvalue weighted by molar-refractivity contribution is 7.91. The van der Waals surface area contributed by atoms with Crippen molar-refractivity contribution in [1.29, 1.82) is 0 Å². The number of nitrogens with zero attached hydrogens (tertiary/aromatic N) is 1. The number of nitrogens with one attached hydrogen (secondary N) is 1. The number of rotatable bonds is 14. The number of aliphatic carboxylic acids is 1. The molecule has 1 unspecified atom stereocenters. The van der Waals surface area contributed by atoms with E-state index in [-0.39, 0.29) is 48.3 Å². The third kappa shape index (κ3) is 7.13. The van der Waals surface area contributed by atoms with Crippen LogP contribution in [0.25, 0.3) is 0 Å². The van der Waals surface area contributed by atoms with E-state index in [0.29, 0.717) is 24.0 Å². The van der Waals surface area contributed by atoms with E-state index < -0.39 is 27.8 Å². The third-order valence-corrected chi connectivity index (χ3v) is 8.56. The van der Waals surface area contributed by atoms with Gasteiger partial charge in [-0.1, -0.05) is 51.0 Å². The number of hydrogen-bond donors (Lipinski definition) is 2. The Bertz CT molecular complexity index is 1070. The maximum Gasteiger partial charge on any atom is 0.303 e. The molecule has 1 atom stereocenters. The molecular weight excluding hydrogens is 472 g/mol. The zero-order valence-corrected chi connectivity index (χ0v) is 20.8. The molecule has 0 radical (unpaired) electrons. The van der Waals surface area contributed by atoms with Crippen molar-refractivity contribution in [1.82, 2.24) is 10.2 Å². The highest BCUT2D eigenvalue weighted by Crippen LogP contribution is 2.32. The molecule has 10 heteroatoms. The second kappa shape index (κ2) is 12.3. The first-order valence-electron chi connectivity index (χ1n) is 12.4. The Balaban J connectivity index is 1.46. The van der Waals surface area contributed by atoms with Crippen LogP contribution in [0, 0.1) is 0 Å². The van der Waals surface area contributed by atoms with Crippen LogP contribution >= 0.6 is 0 Å². The number of imide groups is 1. The average Bonchev–Trinajstić information content (AvgIpc) is 3.13. The van der Waals surface area contributed by atoms with Gasteiger partial charge < -0.3 is 10.0 Å². The van der Waals surface area contributed by atoms with Crippen molar-refractivity contribution >= 4 is 33.5 Å². The molecule has 0 spiro atoms. The minimum atomic E-state index is -3.58. The number of unbranched alkanes of at least 4 members (excludes halogenated alkanes) is 8. The fourth-order valence-corrected chi connectivity index (χ4v) is 6.40. The zero-order chi connectivity index (χ0) is 25.4. The van der Waals surface area contributed by atoms with E-state index in [9.17, 15) is 27.6 Å². The molecule has 0 bridgehead atoms. The van der Waals surface area contributed by atoms with Crippen LogP contribution in [0.5, 0.6) is 0 Å². The van der Waals surface area contributed by atoms with E-state index in [4.69, 9.17) is 5.11 Å². The summed E-state index contributed by atoms with van der Waals surface area (Å²) in [5, 5.41) is 10.9. The molecule has 3 rings (SSSR count). The van der Waals surface area contributed by atoms with Crippen molar-refractivity contribution in [2.75, 3.05) is 5.75 Å². The topological polar surface area (TPSA) is 138 Å². The van der Waals surface area contributed by atoms with Crippen molar-refractivity contribution in [3.05, 3.63) is 29.3 Å². The summed E-state index contributed by atoms with van der Waals surface area (Å²) in [5.41, 5.74) is 0.740. The molecule has 192 valence electrons. The first-order valence-corrected chi connectivity index (χ1v) is 14.1. The van der Waals surface area contributed by atoms with Crippen LogP contribution in [0.15, 0.2) is 23.1 Å². The highest BCUT2D eigenvalue weighted by Gasteiger charge is 2.40. The van der Waals surface area contributed by atoms with Crippen molar-refractivity contribution in [3.63, 3.8) is 0 Å². The van der Waals surface area contributed by atoms with Gasteiger partial charge in [0.2, 0.25) is 11.8 Å². The molecule has 1 fully saturated rings. The summed E-state index contributed by atoms with van der Waals surface area (Å²) in [6.07, 6.45) is 8.69. The summed E-state index contributed by atoms with van der Waals surface area (Å²) in [7, 11) is -3.58. The molecule has 3 amide bonds. The number of benzene rings is 1. The van der Waals surface area contributed by atoms with Crippen LogP contribution in [0.1, 0.15) is 93.0 Å². The molecule has 1 saturated heterocycles. The molecule has 0 saturated carbocycles. The van der Waals surface area contributed by atoms with Gasteiger partial charge in [-0.3, -0.25) is 24.5 Å². The molecule has 0 aromatic heterocycles. The molecule has 2 aliphatic rings. The normalized spacial score (nSPS) is 18.0. The summed E-state index contributed by atoms with van der Waals surface area (Å²) < 4.78 is 26.2. The average molecular weight is 507 g/mol. The van der Waals surface area contributed by atoms with E-state index in [2.05, 4.69) is 5.32 Å². The predicted molar refractivity (Wildman–Crippen MR) is 128 cm³/mol. The van der Waals surface area contributed by atoms with E-state index in [1.807, 2.05) is 0 Å². The lowest BCUT2D eigenvalue weighted by Gasteiger charge is -2.29. The Morgan fingerprint density at radius 2 is 1.60 bits per heavy atom. The summed E-state index contributed by atoms with van der Waals surface area (Å²) in [6, 6.07) is 3.90. The van der Waals surface area contributed by atoms with Crippen LogP contribution < -0.4 is 5.32 Å². The van der Waals surface area contributed by atoms with Crippen LogP contribution in [-0.2, 0) is 30.8 Å². The third-order valence-electron chi connectivity index (χ3n) is 6.68. The van der Waals surface area contributed by atoms with E-state index >= 15 is 0 Å². The van der Waals surface area contributed by atoms with Crippen molar-refractivity contribution in [2.24, 2.45) is 0 Å². The molecule has 0 aliphatic carbocycles. The van der Waals surface area contributed by atoms with Gasteiger partial charge in [-0.2, -0.15) is 0 Å². The molecule has 1 aromatic carbocycles. The lowest BCUT2D eigenvalue weighted by atomic mass is 10.0. The van der Waals surface area contributed by atoms with Crippen molar-refractivity contribution in [3.8, 4) is 0 Å². The Hall–Kier alpha value is -2.75. The minimum Gasteiger partial charge on any atom is -0.481 e. The Kier molecular flexibility index (Phi) is 9.42. The molecule has 2 N–H and O–H groups in total. The quantitative estimate of drug-likeness (QED) is 0.292. The molecule has 2 aliphatic heterocycles. The van der Waals surface area contributed by atoms with Gasteiger partial charge in [0.05, 0.1) is 10.6 Å². The Labute approximate surface area is 206 Å². The highest BCUT2D eigenvalue weighted by atomic mass is 32.2. The number of piperidine rings is 1. The van der Waals surface area contributed by atoms with Crippen LogP contribution in [-0.4, -0.2) is 53.9 Å². The number of amides is 3. The maximum absolute atomic E-state index is 13.1. The number of carboxylic acids is 1. The first kappa shape index (κ1) is 26.8. The molecule has 1 aromatic rings. The van der Waals surface area contributed by atoms with Crippen LogP contribution in [0.2, 0.25) is 0 Å². The predicted octanol–water partition coefficient (Wildman–Crippen LogP) is 3.21. The largest absolute Gasteiger partial charge is 0.481 e. The number of fused-ring (bicyclic) bond motifs is 1. The number of carbonyl (C=O) groups excluding carboxylic acids is 3. The molecule has 2 heterocycles. The lowest BCUT2D eigenvalue weighted by molar-refractivity contribution is -0.138. The van der Waals surface area contributed by atoms with E-state index in [1.165, 1.54) is 11.0 Å². The summed E-state index contributed by atoms with van der Waals surface area (Å²) >= 11 is 0. The van der Waals surface area contributed by atoms with Gasteiger partial charge >= 0.3 is 5.97 Å². The second-order valence-corrected chi connectivity index (χ2v) is 11.4. The van der Waals surface area contributed by atoms with Crippen molar-refractivity contribution in [2.45, 2.75) is 94.5 Å². The van der Waals surface area contributed by atoms with Gasteiger partial charge in [-0.15, -0.1) is 0 Å². The van der Waals surface area contributed by atoms with Crippen LogP contribution in [0.4, 0.5) is 0 Å². The minimum absolute atomic E-state index is 0.00521. The van der Waals surface area contributed by atoms with Gasteiger partial charge in [0, 0.05) is 30.5 Å². The van der Waals surface area contributed by atoms with Gasteiger partial charge in [0.15, 0.2) is 9.84 Å². The summed E-state index contributed by atoms with van der Waals surface area (Å²) in [6.45, 7) is 0.0440. The monoisotopic (exact) mass is 506 g/mol. The van der Waals surface area contributed by atoms with E-state index in [0.717, 1.165) is 44.9 Å². The maximum atomic E-state index is 13.1. The van der Waals surface area contributed by atoms with Gasteiger partial charge in [-0.05, 0) is 31.4 Å². The standard InChI is InChI=1S/C25H34N2O7S/c28-22-15-14-20(24(31)26-22)27-17-19-18(25(27)32)11-10-12-21(19)35(33,34)16-9-7-5-3-1-2-4-6-8-13-23(29)30/h10-12,20H,1-9,13-17H2,(H,29,30)(H,26,28,31). The Morgan fingerprint density at radius 3 is 2.23 bits per heavy atom. The van der Waals surface area contributed by atoms with Gasteiger partial charge in [0.25, 0.3) is 5.91 Å². The number of carboxylic acid groups (broad SMARTS) is 1. The first-order chi connectivity index (χ1) is 16.7. The van der Waals surface area contributed by atoms with Crippen molar-refractivity contribution < 1.29 is 32.7 Å². The SMILES string of the molecule is O=C(O)CCCCCCCCCCCS(=O)(=O)c1cccc2c1CN(C1CCC(=O)NC1=O)C2=O. The van der Waals surface area contributed by atoms with E-state index in [1.54, 1.807) is 12.1 Å². The summed E-state index contributed by atoms with van der Waals surface area (Å²) in [5.74, 6) is -2.01. The zero-order valence-electron chi connectivity index (χ0n) is 20.0. The lowest BCUT2D eigenvalue weighted by Crippen LogP contribution is -2.52. The smallest absolute Gasteiger partial charge is 0.303 e. The van der Waals surface area contributed by atoms with Gasteiger partial charge in [-0.25, -0.2) is 8.42 Å². The fourth-order valence-electron chi connectivity index (χ4n) is 4.76. The molecular formula is C25H34N2O7S. The Morgan fingerprint density at radius 1 is 0.971 bits per heavy atom.